The summed E-state index contributed by atoms with van der Waals surface area (Å²) < 4.78 is 1.90. The molecule has 2 fully saturated rings. The lowest BCUT2D eigenvalue weighted by atomic mass is 9.91. The van der Waals surface area contributed by atoms with Crippen LogP contribution in [0.2, 0.25) is 0 Å². The van der Waals surface area contributed by atoms with Gasteiger partial charge in [-0.2, -0.15) is 5.10 Å². The Labute approximate surface area is 149 Å². The van der Waals surface area contributed by atoms with Crippen molar-refractivity contribution in [2.75, 3.05) is 36.0 Å². The first-order valence-corrected chi connectivity index (χ1v) is 9.49. The zero-order valence-corrected chi connectivity index (χ0v) is 15.3. The van der Waals surface area contributed by atoms with E-state index in [1.807, 2.05) is 17.9 Å². The number of anilines is 2. The molecule has 134 valence electrons. The molecule has 2 aliphatic rings. The van der Waals surface area contributed by atoms with E-state index in [-0.39, 0.29) is 0 Å². The number of hydrogen-bond acceptors (Lipinski definition) is 5. The van der Waals surface area contributed by atoms with Gasteiger partial charge in [-0.25, -0.2) is 9.97 Å². The molecule has 0 radical (unpaired) electrons. The minimum absolute atomic E-state index is 0.620. The van der Waals surface area contributed by atoms with Crippen molar-refractivity contribution in [1.29, 1.82) is 0 Å². The molecule has 0 aromatic carbocycles. The lowest BCUT2D eigenvalue weighted by molar-refractivity contribution is 0.444. The fraction of sp³-hybridized carbons (Fsp3) is 0.632. The summed E-state index contributed by atoms with van der Waals surface area (Å²) in [6.07, 6.45) is 10.8. The van der Waals surface area contributed by atoms with Gasteiger partial charge in [0.25, 0.3) is 0 Å². The van der Waals surface area contributed by atoms with Crippen molar-refractivity contribution >= 4 is 11.6 Å². The molecule has 1 atom stereocenters. The molecular formula is C19H28N6. The fourth-order valence-electron chi connectivity index (χ4n) is 4.17. The van der Waals surface area contributed by atoms with Gasteiger partial charge < -0.3 is 9.80 Å². The van der Waals surface area contributed by atoms with Crippen molar-refractivity contribution in [1.82, 2.24) is 19.7 Å². The Morgan fingerprint density at radius 2 is 1.76 bits per heavy atom. The van der Waals surface area contributed by atoms with Crippen LogP contribution in [0.25, 0.3) is 0 Å². The molecule has 4 rings (SSSR count). The maximum absolute atomic E-state index is 4.55. The van der Waals surface area contributed by atoms with Crippen LogP contribution in [-0.2, 0) is 7.05 Å². The molecule has 0 bridgehead atoms. The number of nitrogens with zero attached hydrogens (tertiary/aromatic N) is 6. The van der Waals surface area contributed by atoms with E-state index in [9.17, 15) is 0 Å². The minimum Gasteiger partial charge on any atom is -0.356 e. The minimum atomic E-state index is 0.620. The van der Waals surface area contributed by atoms with Crippen LogP contribution in [0.5, 0.6) is 0 Å². The first kappa shape index (κ1) is 16.4. The summed E-state index contributed by atoms with van der Waals surface area (Å²) in [4.78, 5) is 13.9. The molecule has 0 saturated carbocycles. The number of rotatable bonds is 3. The highest BCUT2D eigenvalue weighted by atomic mass is 15.2. The standard InChI is InChI=1S/C19H28N6/c1-15-4-3-7-25(12-15)19-10-18(20-14-21-19)24-8-5-16(6-9-24)17-11-22-23(2)13-17/h10-11,13-16H,3-9,12H2,1-2H3. The topological polar surface area (TPSA) is 50.1 Å². The molecular weight excluding hydrogens is 312 g/mol. The highest BCUT2D eigenvalue weighted by Gasteiger charge is 2.24. The molecule has 0 spiro atoms. The molecule has 2 aliphatic heterocycles. The summed E-state index contributed by atoms with van der Waals surface area (Å²) in [5.41, 5.74) is 1.37. The van der Waals surface area contributed by atoms with E-state index in [0.717, 1.165) is 56.6 Å². The van der Waals surface area contributed by atoms with Crippen LogP contribution in [-0.4, -0.2) is 45.9 Å². The molecule has 6 nitrogen and oxygen atoms in total. The summed E-state index contributed by atoms with van der Waals surface area (Å²) >= 11 is 0. The third kappa shape index (κ3) is 3.62. The van der Waals surface area contributed by atoms with Crippen molar-refractivity contribution in [3.8, 4) is 0 Å². The van der Waals surface area contributed by atoms with E-state index < -0.39 is 0 Å². The van der Waals surface area contributed by atoms with Crippen LogP contribution in [0.3, 0.4) is 0 Å². The second-order valence-corrected chi connectivity index (χ2v) is 7.64. The Hall–Kier alpha value is -2.11. The van der Waals surface area contributed by atoms with Crippen LogP contribution < -0.4 is 9.80 Å². The summed E-state index contributed by atoms with van der Waals surface area (Å²) in [5, 5.41) is 4.32. The molecule has 2 aromatic heterocycles. The molecule has 1 unspecified atom stereocenters. The number of hydrogen-bond donors (Lipinski definition) is 0. The van der Waals surface area contributed by atoms with Gasteiger partial charge in [0, 0.05) is 45.5 Å². The van der Waals surface area contributed by atoms with Gasteiger partial charge in [0.15, 0.2) is 0 Å². The Morgan fingerprint density at radius 3 is 2.44 bits per heavy atom. The fourth-order valence-corrected chi connectivity index (χ4v) is 4.17. The van der Waals surface area contributed by atoms with E-state index in [2.05, 4.69) is 44.1 Å². The van der Waals surface area contributed by atoms with Gasteiger partial charge in [0.05, 0.1) is 6.20 Å². The maximum Gasteiger partial charge on any atom is 0.134 e. The van der Waals surface area contributed by atoms with Crippen molar-refractivity contribution in [2.24, 2.45) is 13.0 Å². The lowest BCUT2D eigenvalue weighted by Gasteiger charge is -2.34. The molecule has 4 heterocycles. The van der Waals surface area contributed by atoms with Gasteiger partial charge in [-0.3, -0.25) is 4.68 Å². The van der Waals surface area contributed by atoms with Gasteiger partial charge in [0.1, 0.15) is 18.0 Å². The molecule has 0 N–H and O–H groups in total. The highest BCUT2D eigenvalue weighted by molar-refractivity contribution is 5.50. The van der Waals surface area contributed by atoms with E-state index in [4.69, 9.17) is 0 Å². The van der Waals surface area contributed by atoms with Crippen LogP contribution in [0, 0.1) is 5.92 Å². The van der Waals surface area contributed by atoms with Crippen molar-refractivity contribution in [3.05, 3.63) is 30.4 Å². The van der Waals surface area contributed by atoms with Gasteiger partial charge >= 0.3 is 0 Å². The third-order valence-corrected chi connectivity index (χ3v) is 5.63. The van der Waals surface area contributed by atoms with Gasteiger partial charge in [-0.05, 0) is 43.1 Å². The quantitative estimate of drug-likeness (QED) is 0.860. The monoisotopic (exact) mass is 340 g/mol. The molecule has 6 heteroatoms. The van der Waals surface area contributed by atoms with Crippen molar-refractivity contribution in [3.63, 3.8) is 0 Å². The normalized spacial score (nSPS) is 22.4. The van der Waals surface area contributed by atoms with Gasteiger partial charge in [0.2, 0.25) is 0 Å². The molecule has 0 amide bonds. The van der Waals surface area contributed by atoms with E-state index in [0.29, 0.717) is 5.92 Å². The Kier molecular flexibility index (Phi) is 4.59. The average Bonchev–Trinajstić information content (AvgIpc) is 3.08. The summed E-state index contributed by atoms with van der Waals surface area (Å²) in [6.45, 7) is 6.65. The van der Waals surface area contributed by atoms with Gasteiger partial charge in [-0.1, -0.05) is 6.92 Å². The van der Waals surface area contributed by atoms with Crippen molar-refractivity contribution < 1.29 is 0 Å². The number of aryl methyl sites for hydroxylation is 1. The van der Waals surface area contributed by atoms with E-state index >= 15 is 0 Å². The first-order valence-electron chi connectivity index (χ1n) is 9.49. The first-order chi connectivity index (χ1) is 12.2. The summed E-state index contributed by atoms with van der Waals surface area (Å²) in [5.74, 6) is 3.54. The van der Waals surface area contributed by atoms with Crippen LogP contribution in [0.4, 0.5) is 11.6 Å². The van der Waals surface area contributed by atoms with Crippen LogP contribution in [0.15, 0.2) is 24.8 Å². The highest BCUT2D eigenvalue weighted by Crippen LogP contribution is 2.30. The van der Waals surface area contributed by atoms with Crippen molar-refractivity contribution in [2.45, 2.75) is 38.5 Å². The second kappa shape index (κ2) is 7.02. The lowest BCUT2D eigenvalue weighted by Crippen LogP contribution is -2.36. The molecule has 2 saturated heterocycles. The predicted molar refractivity (Wildman–Crippen MR) is 100 cm³/mol. The average molecular weight is 340 g/mol. The zero-order chi connectivity index (χ0) is 17.2. The van der Waals surface area contributed by atoms with Gasteiger partial charge in [-0.15, -0.1) is 0 Å². The van der Waals surface area contributed by atoms with E-state index in [1.54, 1.807) is 6.33 Å². The third-order valence-electron chi connectivity index (χ3n) is 5.63. The second-order valence-electron chi connectivity index (χ2n) is 7.64. The SMILES string of the molecule is CC1CCCN(c2cc(N3CCC(c4cnn(C)c4)CC3)ncn2)C1. The van der Waals surface area contributed by atoms with E-state index in [1.165, 1.54) is 18.4 Å². The Morgan fingerprint density at radius 1 is 1.00 bits per heavy atom. The largest absolute Gasteiger partial charge is 0.356 e. The predicted octanol–water partition coefficient (Wildman–Crippen LogP) is 2.83. The zero-order valence-electron chi connectivity index (χ0n) is 15.3. The smallest absolute Gasteiger partial charge is 0.134 e. The molecule has 0 aliphatic carbocycles. The Balaban J connectivity index is 1.42. The summed E-state index contributed by atoms with van der Waals surface area (Å²) in [6, 6.07) is 2.18. The Bertz CT molecular complexity index is 703. The van der Waals surface area contributed by atoms with Crippen LogP contribution in [0.1, 0.15) is 44.1 Å². The van der Waals surface area contributed by atoms with Crippen LogP contribution >= 0.6 is 0 Å². The number of aromatic nitrogens is 4. The maximum atomic E-state index is 4.55. The summed E-state index contributed by atoms with van der Waals surface area (Å²) in [7, 11) is 1.99. The molecule has 2 aromatic rings. The number of piperidine rings is 2. The molecule has 25 heavy (non-hydrogen) atoms.